The molecule has 0 saturated heterocycles. The highest BCUT2D eigenvalue weighted by Gasteiger charge is 2.16. The van der Waals surface area contributed by atoms with Gasteiger partial charge < -0.3 is 10.1 Å². The number of para-hydroxylation sites is 1. The van der Waals surface area contributed by atoms with Crippen molar-refractivity contribution in [1.82, 2.24) is 5.32 Å². The SMILES string of the molecule is CCOc1ccccc1C(C)N[C@H](C)c1ccccc1Cl. The first-order valence-electron chi connectivity index (χ1n) is 7.35. The summed E-state index contributed by atoms with van der Waals surface area (Å²) in [5.74, 6) is 0.936. The summed E-state index contributed by atoms with van der Waals surface area (Å²) in [5, 5.41) is 4.38. The Hall–Kier alpha value is -1.51. The van der Waals surface area contributed by atoms with Gasteiger partial charge in [0.15, 0.2) is 0 Å². The lowest BCUT2D eigenvalue weighted by Gasteiger charge is -2.23. The van der Waals surface area contributed by atoms with Crippen molar-refractivity contribution < 1.29 is 4.74 Å². The van der Waals surface area contributed by atoms with Crippen molar-refractivity contribution in [3.63, 3.8) is 0 Å². The molecular weight excluding hydrogens is 282 g/mol. The lowest BCUT2D eigenvalue weighted by atomic mass is 10.0. The number of rotatable bonds is 6. The van der Waals surface area contributed by atoms with Crippen LogP contribution in [0.15, 0.2) is 48.5 Å². The van der Waals surface area contributed by atoms with Crippen LogP contribution in [-0.4, -0.2) is 6.61 Å². The molecule has 0 saturated carbocycles. The van der Waals surface area contributed by atoms with Crippen LogP contribution in [0.5, 0.6) is 5.75 Å². The maximum atomic E-state index is 6.26. The van der Waals surface area contributed by atoms with E-state index in [0.717, 1.165) is 16.3 Å². The molecule has 0 bridgehead atoms. The monoisotopic (exact) mass is 303 g/mol. The molecule has 3 heteroatoms. The fourth-order valence-corrected chi connectivity index (χ4v) is 2.81. The molecule has 2 nitrogen and oxygen atoms in total. The minimum Gasteiger partial charge on any atom is -0.494 e. The van der Waals surface area contributed by atoms with Gasteiger partial charge in [0.1, 0.15) is 5.75 Å². The predicted molar refractivity (Wildman–Crippen MR) is 89.0 cm³/mol. The van der Waals surface area contributed by atoms with E-state index in [0.29, 0.717) is 6.61 Å². The summed E-state index contributed by atoms with van der Waals surface area (Å²) in [6, 6.07) is 16.4. The van der Waals surface area contributed by atoms with Gasteiger partial charge >= 0.3 is 0 Å². The highest BCUT2D eigenvalue weighted by atomic mass is 35.5. The molecule has 0 aliphatic heterocycles. The molecule has 0 spiro atoms. The zero-order chi connectivity index (χ0) is 15.2. The van der Waals surface area contributed by atoms with E-state index in [1.807, 2.05) is 43.3 Å². The van der Waals surface area contributed by atoms with Crippen LogP contribution in [0.3, 0.4) is 0 Å². The Labute approximate surface area is 132 Å². The van der Waals surface area contributed by atoms with Crippen LogP contribution in [-0.2, 0) is 0 Å². The molecular formula is C18H22ClNO. The topological polar surface area (TPSA) is 21.3 Å². The lowest BCUT2D eigenvalue weighted by Crippen LogP contribution is -2.23. The first-order valence-corrected chi connectivity index (χ1v) is 7.73. The van der Waals surface area contributed by atoms with Crippen LogP contribution in [0, 0.1) is 0 Å². The van der Waals surface area contributed by atoms with E-state index in [9.17, 15) is 0 Å². The Morgan fingerprint density at radius 2 is 1.52 bits per heavy atom. The van der Waals surface area contributed by atoms with Crippen molar-refractivity contribution in [3.8, 4) is 5.75 Å². The molecule has 2 aromatic carbocycles. The molecule has 112 valence electrons. The smallest absolute Gasteiger partial charge is 0.124 e. The third-order valence-electron chi connectivity index (χ3n) is 3.56. The van der Waals surface area contributed by atoms with Gasteiger partial charge in [-0.15, -0.1) is 0 Å². The van der Waals surface area contributed by atoms with Crippen LogP contribution < -0.4 is 10.1 Å². The van der Waals surface area contributed by atoms with Gasteiger partial charge in [-0.2, -0.15) is 0 Å². The van der Waals surface area contributed by atoms with Crippen molar-refractivity contribution >= 4 is 11.6 Å². The maximum Gasteiger partial charge on any atom is 0.124 e. The van der Waals surface area contributed by atoms with Gasteiger partial charge in [0.25, 0.3) is 0 Å². The molecule has 0 heterocycles. The Bertz CT molecular complexity index is 585. The van der Waals surface area contributed by atoms with Crippen molar-refractivity contribution in [2.45, 2.75) is 32.9 Å². The number of nitrogens with one attached hydrogen (secondary N) is 1. The number of ether oxygens (including phenoxy) is 1. The Balaban J connectivity index is 2.14. The molecule has 2 atom stereocenters. The number of benzene rings is 2. The van der Waals surface area contributed by atoms with Crippen LogP contribution in [0.1, 0.15) is 44.0 Å². The number of halogens is 1. The van der Waals surface area contributed by atoms with Crippen molar-refractivity contribution in [1.29, 1.82) is 0 Å². The van der Waals surface area contributed by atoms with Gasteiger partial charge in [-0.3, -0.25) is 0 Å². The largest absolute Gasteiger partial charge is 0.494 e. The quantitative estimate of drug-likeness (QED) is 0.796. The summed E-state index contributed by atoms with van der Waals surface area (Å²) in [6.07, 6.45) is 0. The second-order valence-electron chi connectivity index (χ2n) is 5.10. The summed E-state index contributed by atoms with van der Waals surface area (Å²) in [5.41, 5.74) is 2.28. The molecule has 1 N–H and O–H groups in total. The van der Waals surface area contributed by atoms with Gasteiger partial charge in [-0.05, 0) is 38.5 Å². The van der Waals surface area contributed by atoms with E-state index in [4.69, 9.17) is 16.3 Å². The standard InChI is InChI=1S/C18H22ClNO/c1-4-21-18-12-8-6-10-16(18)14(3)20-13(2)15-9-5-7-11-17(15)19/h5-14,20H,4H2,1-3H3/t13-,14?/m1/s1. The molecule has 0 amide bonds. The molecule has 2 rings (SSSR count). The van der Waals surface area contributed by atoms with E-state index in [-0.39, 0.29) is 12.1 Å². The van der Waals surface area contributed by atoms with Gasteiger partial charge in [-0.25, -0.2) is 0 Å². The highest BCUT2D eigenvalue weighted by Crippen LogP contribution is 2.29. The zero-order valence-electron chi connectivity index (χ0n) is 12.8. The van der Waals surface area contributed by atoms with Crippen molar-refractivity contribution in [2.24, 2.45) is 0 Å². The zero-order valence-corrected chi connectivity index (χ0v) is 13.5. The Kier molecular flexibility index (Phi) is 5.66. The predicted octanol–water partition coefficient (Wildman–Crippen LogP) is 5.15. The average Bonchev–Trinajstić information content (AvgIpc) is 2.48. The van der Waals surface area contributed by atoms with E-state index < -0.39 is 0 Å². The van der Waals surface area contributed by atoms with Crippen LogP contribution in [0.2, 0.25) is 5.02 Å². The van der Waals surface area contributed by atoms with E-state index in [1.54, 1.807) is 0 Å². The molecule has 0 aliphatic rings. The maximum absolute atomic E-state index is 6.26. The van der Waals surface area contributed by atoms with Crippen LogP contribution in [0.25, 0.3) is 0 Å². The van der Waals surface area contributed by atoms with E-state index in [1.165, 1.54) is 5.56 Å². The van der Waals surface area contributed by atoms with Crippen LogP contribution in [0.4, 0.5) is 0 Å². The molecule has 21 heavy (non-hydrogen) atoms. The van der Waals surface area contributed by atoms with E-state index >= 15 is 0 Å². The molecule has 0 aliphatic carbocycles. The van der Waals surface area contributed by atoms with Gasteiger partial charge in [-0.1, -0.05) is 48.0 Å². The summed E-state index contributed by atoms with van der Waals surface area (Å²) in [7, 11) is 0. The van der Waals surface area contributed by atoms with Crippen LogP contribution >= 0.6 is 11.6 Å². The molecule has 0 radical (unpaired) electrons. The lowest BCUT2D eigenvalue weighted by molar-refractivity contribution is 0.331. The van der Waals surface area contributed by atoms with Crippen molar-refractivity contribution in [2.75, 3.05) is 6.61 Å². The second kappa shape index (κ2) is 7.48. The molecule has 1 unspecified atom stereocenters. The first kappa shape index (κ1) is 15.9. The minimum atomic E-state index is 0.170. The number of hydrogen-bond donors (Lipinski definition) is 1. The molecule has 0 aromatic heterocycles. The van der Waals surface area contributed by atoms with Gasteiger partial charge in [0, 0.05) is 22.7 Å². The van der Waals surface area contributed by atoms with Crippen molar-refractivity contribution in [3.05, 3.63) is 64.7 Å². The Morgan fingerprint density at radius 1 is 0.952 bits per heavy atom. The fourth-order valence-electron chi connectivity index (χ4n) is 2.51. The summed E-state index contributed by atoms with van der Waals surface area (Å²) in [6.45, 7) is 6.94. The molecule has 0 fully saturated rings. The molecule has 2 aromatic rings. The van der Waals surface area contributed by atoms with E-state index in [2.05, 4.69) is 31.3 Å². The van der Waals surface area contributed by atoms with Gasteiger partial charge in [0.2, 0.25) is 0 Å². The third kappa shape index (κ3) is 3.99. The summed E-state index contributed by atoms with van der Waals surface area (Å²) >= 11 is 6.26. The average molecular weight is 304 g/mol. The summed E-state index contributed by atoms with van der Waals surface area (Å²) < 4.78 is 5.70. The minimum absolute atomic E-state index is 0.170. The highest BCUT2D eigenvalue weighted by molar-refractivity contribution is 6.31. The first-order chi connectivity index (χ1) is 10.1. The van der Waals surface area contributed by atoms with Gasteiger partial charge in [0.05, 0.1) is 6.61 Å². The number of hydrogen-bond acceptors (Lipinski definition) is 2. The Morgan fingerprint density at radius 3 is 2.19 bits per heavy atom. The third-order valence-corrected chi connectivity index (χ3v) is 3.90. The fraction of sp³-hybridized carbons (Fsp3) is 0.333. The summed E-state index contributed by atoms with van der Waals surface area (Å²) in [4.78, 5) is 0. The second-order valence-corrected chi connectivity index (χ2v) is 5.51. The normalized spacial score (nSPS) is 13.7.